The molecule has 0 spiro atoms. The van der Waals surface area contributed by atoms with E-state index >= 15 is 0 Å². The van der Waals surface area contributed by atoms with Crippen LogP contribution in [-0.4, -0.2) is 41.0 Å². The molecule has 1 saturated heterocycles. The van der Waals surface area contributed by atoms with E-state index in [0.29, 0.717) is 11.7 Å². The number of carbonyl (C=O) groups is 1. The number of anilines is 1. The summed E-state index contributed by atoms with van der Waals surface area (Å²) in [5, 5.41) is 11.2. The second kappa shape index (κ2) is 5.65. The summed E-state index contributed by atoms with van der Waals surface area (Å²) in [7, 11) is 1.76. The smallest absolute Gasteiger partial charge is 0.280 e. The molecule has 1 amide bonds. The van der Waals surface area contributed by atoms with E-state index in [4.69, 9.17) is 0 Å². The lowest BCUT2D eigenvalue weighted by Gasteiger charge is -2.26. The highest BCUT2D eigenvalue weighted by Gasteiger charge is 2.23. The molecule has 1 N–H and O–H groups in total. The van der Waals surface area contributed by atoms with Crippen molar-refractivity contribution < 1.29 is 4.79 Å². The van der Waals surface area contributed by atoms with Crippen LogP contribution in [0.3, 0.4) is 0 Å². The van der Waals surface area contributed by atoms with Gasteiger partial charge in [-0.25, -0.2) is 4.68 Å². The molecule has 0 radical (unpaired) electrons. The number of carbonyl (C=O) groups excluding carboxylic acids is 1. The summed E-state index contributed by atoms with van der Waals surface area (Å²) in [4.78, 5) is 14.0. The monoisotopic (exact) mass is 285 g/mol. The van der Waals surface area contributed by atoms with E-state index < -0.39 is 0 Å². The molecule has 110 valence electrons. The number of aromatic nitrogens is 3. The molecule has 0 bridgehead atoms. The lowest BCUT2D eigenvalue weighted by Crippen LogP contribution is -2.43. The van der Waals surface area contributed by atoms with Gasteiger partial charge in [0, 0.05) is 25.8 Å². The topological polar surface area (TPSA) is 63.1 Å². The molecule has 2 heterocycles. The minimum atomic E-state index is -0.141. The zero-order chi connectivity index (χ0) is 14.8. The molecule has 0 saturated carbocycles. The second-order valence-corrected chi connectivity index (χ2v) is 5.28. The minimum Gasteiger partial charge on any atom is -0.312 e. The van der Waals surface area contributed by atoms with Crippen molar-refractivity contribution in [2.75, 3.05) is 25.0 Å². The van der Waals surface area contributed by atoms with E-state index in [-0.39, 0.29) is 5.91 Å². The Labute approximate surface area is 123 Å². The number of nitrogens with one attached hydrogen (secondary N) is 1. The average molecular weight is 285 g/mol. The summed E-state index contributed by atoms with van der Waals surface area (Å²) < 4.78 is 1.76. The third-order valence-electron chi connectivity index (χ3n) is 3.90. The highest BCUT2D eigenvalue weighted by molar-refractivity contribution is 6.04. The van der Waals surface area contributed by atoms with Crippen LogP contribution in [0.15, 0.2) is 30.5 Å². The summed E-state index contributed by atoms with van der Waals surface area (Å²) >= 11 is 0. The van der Waals surface area contributed by atoms with Crippen LogP contribution < -0.4 is 10.2 Å². The van der Waals surface area contributed by atoms with Gasteiger partial charge in [0.25, 0.3) is 5.91 Å². The fourth-order valence-corrected chi connectivity index (χ4v) is 2.26. The Bertz CT molecular complexity index is 630. The van der Waals surface area contributed by atoms with Crippen molar-refractivity contribution in [3.05, 3.63) is 41.7 Å². The molecule has 1 aliphatic heterocycles. The van der Waals surface area contributed by atoms with Gasteiger partial charge in [0.1, 0.15) is 0 Å². The van der Waals surface area contributed by atoms with Crippen molar-refractivity contribution >= 4 is 11.6 Å². The number of nitrogens with zero attached hydrogens (tertiary/aromatic N) is 4. The van der Waals surface area contributed by atoms with Crippen LogP contribution in [0, 0.1) is 0 Å². The third-order valence-corrected chi connectivity index (χ3v) is 3.90. The molecule has 0 atom stereocenters. The largest absolute Gasteiger partial charge is 0.312 e. The molecular weight excluding hydrogens is 266 g/mol. The maximum absolute atomic E-state index is 12.4. The molecule has 6 heteroatoms. The van der Waals surface area contributed by atoms with Crippen molar-refractivity contribution in [1.82, 2.24) is 20.3 Å². The van der Waals surface area contributed by atoms with Gasteiger partial charge in [-0.3, -0.25) is 4.79 Å². The number of amides is 1. The average Bonchev–Trinajstić information content (AvgIpc) is 2.93. The van der Waals surface area contributed by atoms with Crippen LogP contribution in [0.2, 0.25) is 0 Å². The van der Waals surface area contributed by atoms with E-state index in [1.165, 1.54) is 5.56 Å². The highest BCUT2D eigenvalue weighted by Crippen LogP contribution is 2.17. The summed E-state index contributed by atoms with van der Waals surface area (Å²) in [6, 6.07) is 8.30. The zero-order valence-electron chi connectivity index (χ0n) is 12.3. The SMILES string of the molecule is CCc1ccc(N(C)C(=O)c2cn(C3CNC3)nn2)cc1. The van der Waals surface area contributed by atoms with Gasteiger partial charge in [0.05, 0.1) is 12.2 Å². The van der Waals surface area contributed by atoms with Gasteiger partial charge >= 0.3 is 0 Å². The Morgan fingerprint density at radius 1 is 1.38 bits per heavy atom. The Hall–Kier alpha value is -2.21. The summed E-state index contributed by atoms with van der Waals surface area (Å²) in [5.41, 5.74) is 2.49. The Balaban J connectivity index is 1.74. The second-order valence-electron chi connectivity index (χ2n) is 5.28. The molecular formula is C15H19N5O. The predicted octanol–water partition coefficient (Wildman–Crippen LogP) is 1.26. The van der Waals surface area contributed by atoms with Crippen molar-refractivity contribution in [2.45, 2.75) is 19.4 Å². The minimum absolute atomic E-state index is 0.141. The molecule has 1 fully saturated rings. The predicted molar refractivity (Wildman–Crippen MR) is 80.5 cm³/mol. The van der Waals surface area contributed by atoms with Gasteiger partial charge in [-0.1, -0.05) is 24.3 Å². The van der Waals surface area contributed by atoms with Crippen LogP contribution >= 0.6 is 0 Å². The maximum Gasteiger partial charge on any atom is 0.280 e. The number of aryl methyl sites for hydroxylation is 1. The highest BCUT2D eigenvalue weighted by atomic mass is 16.2. The molecule has 0 aliphatic carbocycles. The normalized spacial score (nSPS) is 14.8. The first-order valence-electron chi connectivity index (χ1n) is 7.18. The van der Waals surface area contributed by atoms with E-state index in [1.54, 1.807) is 22.8 Å². The van der Waals surface area contributed by atoms with Gasteiger partial charge in [-0.05, 0) is 24.1 Å². The molecule has 3 rings (SSSR count). The van der Waals surface area contributed by atoms with Crippen LogP contribution in [-0.2, 0) is 6.42 Å². The lowest BCUT2D eigenvalue weighted by atomic mass is 10.1. The van der Waals surface area contributed by atoms with E-state index in [2.05, 4.69) is 22.6 Å². The van der Waals surface area contributed by atoms with Crippen LogP contribution in [0.4, 0.5) is 5.69 Å². The summed E-state index contributed by atoms with van der Waals surface area (Å²) in [6.07, 6.45) is 2.71. The third kappa shape index (κ3) is 2.67. The number of hydrogen-bond donors (Lipinski definition) is 1. The Morgan fingerprint density at radius 3 is 2.67 bits per heavy atom. The van der Waals surface area contributed by atoms with Crippen LogP contribution in [0.25, 0.3) is 0 Å². The first-order chi connectivity index (χ1) is 10.2. The molecule has 2 aromatic rings. The summed E-state index contributed by atoms with van der Waals surface area (Å²) in [5.74, 6) is -0.141. The lowest BCUT2D eigenvalue weighted by molar-refractivity contribution is 0.0988. The van der Waals surface area contributed by atoms with Gasteiger partial charge in [-0.2, -0.15) is 0 Å². The van der Waals surface area contributed by atoms with Gasteiger partial charge in [0.2, 0.25) is 0 Å². The molecule has 1 aromatic carbocycles. The molecule has 1 aromatic heterocycles. The number of rotatable bonds is 4. The Morgan fingerprint density at radius 2 is 2.10 bits per heavy atom. The van der Waals surface area contributed by atoms with E-state index in [9.17, 15) is 4.79 Å². The van der Waals surface area contributed by atoms with E-state index in [0.717, 1.165) is 25.2 Å². The van der Waals surface area contributed by atoms with Crippen molar-refractivity contribution in [2.24, 2.45) is 0 Å². The molecule has 6 nitrogen and oxygen atoms in total. The maximum atomic E-state index is 12.4. The van der Waals surface area contributed by atoms with Gasteiger partial charge < -0.3 is 10.2 Å². The van der Waals surface area contributed by atoms with Crippen LogP contribution in [0.5, 0.6) is 0 Å². The van der Waals surface area contributed by atoms with Crippen molar-refractivity contribution in [3.8, 4) is 0 Å². The van der Waals surface area contributed by atoms with Crippen LogP contribution in [0.1, 0.15) is 29.0 Å². The van der Waals surface area contributed by atoms with Gasteiger partial charge in [0.15, 0.2) is 5.69 Å². The first kappa shape index (κ1) is 13.8. The molecule has 0 unspecified atom stereocenters. The van der Waals surface area contributed by atoms with Crippen molar-refractivity contribution in [1.29, 1.82) is 0 Å². The van der Waals surface area contributed by atoms with Gasteiger partial charge in [-0.15, -0.1) is 5.10 Å². The summed E-state index contributed by atoms with van der Waals surface area (Å²) in [6.45, 7) is 3.87. The number of benzene rings is 1. The fourth-order valence-electron chi connectivity index (χ4n) is 2.26. The standard InChI is InChI=1S/C15H19N5O/c1-3-11-4-6-12(7-5-11)19(2)15(21)14-10-20(18-17-14)13-8-16-9-13/h4-7,10,13,16H,3,8-9H2,1-2H3. The first-order valence-corrected chi connectivity index (χ1v) is 7.18. The zero-order valence-corrected chi connectivity index (χ0v) is 12.3. The molecule has 21 heavy (non-hydrogen) atoms. The van der Waals surface area contributed by atoms with E-state index in [1.807, 2.05) is 24.3 Å². The number of hydrogen-bond acceptors (Lipinski definition) is 4. The van der Waals surface area contributed by atoms with Crippen molar-refractivity contribution in [3.63, 3.8) is 0 Å². The Kier molecular flexibility index (Phi) is 3.70. The fraction of sp³-hybridized carbons (Fsp3) is 0.400. The quantitative estimate of drug-likeness (QED) is 0.918. The molecule has 1 aliphatic rings.